The molecule has 1 amide bonds. The molecule has 0 atom stereocenters. The summed E-state index contributed by atoms with van der Waals surface area (Å²) in [4.78, 5) is 28.6. The van der Waals surface area contributed by atoms with Gasteiger partial charge in [0.25, 0.3) is 5.91 Å². The third-order valence-corrected chi connectivity index (χ3v) is 7.65. The zero-order valence-corrected chi connectivity index (χ0v) is 30.7. The molecule has 0 bridgehead atoms. The van der Waals surface area contributed by atoms with E-state index in [4.69, 9.17) is 34.8 Å². The molecule has 252 valence electrons. The first-order valence-corrected chi connectivity index (χ1v) is 16.8. The summed E-state index contributed by atoms with van der Waals surface area (Å²) >= 11 is 17.8. The second-order valence-corrected chi connectivity index (χ2v) is 12.6. The van der Waals surface area contributed by atoms with Crippen LogP contribution in [0.15, 0.2) is 73.4 Å². The Labute approximate surface area is 292 Å². The second-order valence-electron chi connectivity index (χ2n) is 11.3. The van der Waals surface area contributed by atoms with Crippen LogP contribution in [0.5, 0.6) is 0 Å². The minimum absolute atomic E-state index is 0.0474. The summed E-state index contributed by atoms with van der Waals surface area (Å²) < 4.78 is 0. The maximum Gasteiger partial charge on any atom is 0.251 e. The van der Waals surface area contributed by atoms with Crippen LogP contribution in [-0.4, -0.2) is 63.4 Å². The highest BCUT2D eigenvalue weighted by molar-refractivity contribution is 6.35. The molecular formula is C37H51Cl3N4O2. The molecule has 3 rings (SSSR count). The number of carbonyl (C=O) groups is 2. The summed E-state index contributed by atoms with van der Waals surface area (Å²) in [5, 5.41) is 7.75. The van der Waals surface area contributed by atoms with Gasteiger partial charge in [0.2, 0.25) is 0 Å². The summed E-state index contributed by atoms with van der Waals surface area (Å²) in [5.41, 5.74) is 4.69. The predicted molar refractivity (Wildman–Crippen MR) is 199 cm³/mol. The Morgan fingerprint density at radius 3 is 2.00 bits per heavy atom. The van der Waals surface area contributed by atoms with Crippen LogP contribution in [0.4, 0.5) is 5.69 Å². The van der Waals surface area contributed by atoms with Gasteiger partial charge in [0, 0.05) is 70.5 Å². The Kier molecular flexibility index (Phi) is 20.0. The molecule has 0 radical (unpaired) electrons. The van der Waals surface area contributed by atoms with Gasteiger partial charge in [-0.05, 0) is 113 Å². The lowest BCUT2D eigenvalue weighted by Gasteiger charge is -2.27. The quantitative estimate of drug-likeness (QED) is 0.166. The number of hydrogen-bond acceptors (Lipinski definition) is 5. The topological polar surface area (TPSA) is 64.7 Å². The molecule has 0 aliphatic carbocycles. The molecule has 0 saturated heterocycles. The number of Topliss-reactive ketones (excluding diaryl/α,β-unsaturated/α-hetero) is 1. The number of halogens is 3. The van der Waals surface area contributed by atoms with E-state index >= 15 is 0 Å². The van der Waals surface area contributed by atoms with E-state index in [1.54, 1.807) is 36.5 Å². The van der Waals surface area contributed by atoms with Crippen LogP contribution in [0.1, 0.15) is 66.0 Å². The standard InChI is InChI=1S/C23H31Cl2N3O.C10H11ClO.C4H9N/c1-5-12-28(14-13-27(3)4)22-9-7-19(15-17(22)2)23(29)26-11-10-18-6-8-20(24)16-21(18)25;1-7(2)10(12)8-3-5-9(11)6-4-8;1-3-5-4-2/h6-9,15-16H,5,10-14H2,1-4H3,(H,26,29);3-7H,1-2H3;3,5H,1,4H2,2H3. The minimum Gasteiger partial charge on any atom is -0.392 e. The van der Waals surface area contributed by atoms with Crippen LogP contribution in [0.25, 0.3) is 0 Å². The number of nitrogens with one attached hydrogen (secondary N) is 2. The highest BCUT2D eigenvalue weighted by atomic mass is 35.5. The second kappa shape index (κ2) is 22.5. The third-order valence-electron chi connectivity index (χ3n) is 6.81. The molecule has 0 saturated carbocycles. The molecule has 0 aliphatic rings. The van der Waals surface area contributed by atoms with Gasteiger partial charge >= 0.3 is 0 Å². The van der Waals surface area contributed by atoms with Crippen molar-refractivity contribution in [3.63, 3.8) is 0 Å². The first kappa shape index (κ1) is 41.0. The molecule has 0 aromatic heterocycles. The van der Waals surface area contributed by atoms with Gasteiger partial charge in [-0.2, -0.15) is 0 Å². The van der Waals surface area contributed by atoms with Crippen molar-refractivity contribution >= 4 is 52.2 Å². The van der Waals surface area contributed by atoms with Crippen LogP contribution in [0, 0.1) is 12.8 Å². The molecular weight excluding hydrogens is 639 g/mol. The highest BCUT2D eigenvalue weighted by Crippen LogP contribution is 2.23. The van der Waals surface area contributed by atoms with E-state index in [1.165, 1.54) is 5.69 Å². The molecule has 3 aromatic carbocycles. The summed E-state index contributed by atoms with van der Waals surface area (Å²) in [5.74, 6) is 0.137. The van der Waals surface area contributed by atoms with E-state index < -0.39 is 0 Å². The van der Waals surface area contributed by atoms with Crippen molar-refractivity contribution in [3.05, 3.63) is 111 Å². The minimum atomic E-state index is -0.0694. The molecule has 2 N–H and O–H groups in total. The van der Waals surface area contributed by atoms with Crippen LogP contribution in [-0.2, 0) is 6.42 Å². The van der Waals surface area contributed by atoms with Gasteiger partial charge in [-0.25, -0.2) is 0 Å². The molecule has 0 spiro atoms. The smallest absolute Gasteiger partial charge is 0.251 e. The monoisotopic (exact) mass is 688 g/mol. The summed E-state index contributed by atoms with van der Waals surface area (Å²) in [6.07, 6.45) is 3.43. The molecule has 9 heteroatoms. The molecule has 46 heavy (non-hydrogen) atoms. The fourth-order valence-electron chi connectivity index (χ4n) is 4.32. The Morgan fingerprint density at radius 1 is 0.870 bits per heavy atom. The first-order chi connectivity index (χ1) is 21.8. The number of carbonyl (C=O) groups excluding carboxylic acids is 2. The Morgan fingerprint density at radius 2 is 1.50 bits per heavy atom. The average Bonchev–Trinajstić information content (AvgIpc) is 3.01. The number of rotatable bonds is 14. The van der Waals surface area contributed by atoms with E-state index in [2.05, 4.69) is 61.0 Å². The number of hydrogen-bond donors (Lipinski definition) is 2. The van der Waals surface area contributed by atoms with Crippen molar-refractivity contribution < 1.29 is 9.59 Å². The van der Waals surface area contributed by atoms with Crippen molar-refractivity contribution in [1.29, 1.82) is 0 Å². The molecule has 3 aromatic rings. The lowest BCUT2D eigenvalue weighted by Crippen LogP contribution is -2.33. The lowest BCUT2D eigenvalue weighted by molar-refractivity contribution is 0.0936. The molecule has 6 nitrogen and oxygen atoms in total. The van der Waals surface area contributed by atoms with E-state index in [1.807, 2.05) is 45.0 Å². The third kappa shape index (κ3) is 15.5. The zero-order chi connectivity index (χ0) is 34.6. The number of amides is 1. The maximum atomic E-state index is 12.6. The van der Waals surface area contributed by atoms with Gasteiger partial charge in [0.05, 0.1) is 0 Å². The Bertz CT molecular complexity index is 1360. The van der Waals surface area contributed by atoms with Crippen molar-refractivity contribution in [1.82, 2.24) is 15.5 Å². The fraction of sp³-hybridized carbons (Fsp3) is 0.405. The van der Waals surface area contributed by atoms with Gasteiger partial charge < -0.3 is 20.4 Å². The Hall–Kier alpha value is -3.03. The lowest BCUT2D eigenvalue weighted by atomic mass is 10.0. The van der Waals surface area contributed by atoms with Gasteiger partial charge in [-0.15, -0.1) is 0 Å². The number of nitrogens with zero attached hydrogens (tertiary/aromatic N) is 2. The van der Waals surface area contributed by atoms with Crippen molar-refractivity contribution in [2.24, 2.45) is 5.92 Å². The Balaban J connectivity index is 0.000000509. The molecule has 0 fully saturated rings. The summed E-state index contributed by atoms with van der Waals surface area (Å²) in [6, 6.07) is 18.3. The SMILES string of the molecule is C=CNCC.CC(C)C(=O)c1ccc(Cl)cc1.CCCN(CCN(C)C)c1ccc(C(=O)NCCc2ccc(Cl)cc2Cl)cc1C. The molecule has 0 unspecified atom stereocenters. The van der Waals surface area contributed by atoms with Gasteiger partial charge in [-0.1, -0.05) is 68.2 Å². The van der Waals surface area contributed by atoms with Crippen molar-refractivity contribution in [3.8, 4) is 0 Å². The first-order valence-electron chi connectivity index (χ1n) is 15.7. The highest BCUT2D eigenvalue weighted by Gasteiger charge is 2.13. The van der Waals surface area contributed by atoms with E-state index in [-0.39, 0.29) is 17.6 Å². The molecule has 0 aliphatic heterocycles. The number of anilines is 1. The van der Waals surface area contributed by atoms with Crippen LogP contribution in [0.2, 0.25) is 15.1 Å². The normalized spacial score (nSPS) is 10.3. The summed E-state index contributed by atoms with van der Waals surface area (Å²) in [6.45, 7) is 18.0. The van der Waals surface area contributed by atoms with E-state index in [9.17, 15) is 9.59 Å². The predicted octanol–water partition coefficient (Wildman–Crippen LogP) is 8.97. The number of likely N-dealkylation sites (N-methyl/N-ethyl adjacent to an activating group) is 1. The van der Waals surface area contributed by atoms with Crippen LogP contribution in [0.3, 0.4) is 0 Å². The summed E-state index contributed by atoms with van der Waals surface area (Å²) in [7, 11) is 4.17. The van der Waals surface area contributed by atoms with Crippen molar-refractivity contribution in [2.45, 2.75) is 47.5 Å². The van der Waals surface area contributed by atoms with Crippen LogP contribution < -0.4 is 15.5 Å². The number of benzene rings is 3. The van der Waals surface area contributed by atoms with Crippen molar-refractivity contribution in [2.75, 3.05) is 51.7 Å². The maximum absolute atomic E-state index is 12.6. The van der Waals surface area contributed by atoms with Crippen LogP contribution >= 0.6 is 34.8 Å². The zero-order valence-electron chi connectivity index (χ0n) is 28.4. The van der Waals surface area contributed by atoms with E-state index in [0.29, 0.717) is 33.6 Å². The largest absolute Gasteiger partial charge is 0.392 e. The number of aryl methyl sites for hydroxylation is 1. The number of ketones is 1. The van der Waals surface area contributed by atoms with Gasteiger partial charge in [-0.3, -0.25) is 9.59 Å². The fourth-order valence-corrected chi connectivity index (χ4v) is 4.95. The van der Waals surface area contributed by atoms with Gasteiger partial charge in [0.15, 0.2) is 5.78 Å². The van der Waals surface area contributed by atoms with Gasteiger partial charge in [0.1, 0.15) is 0 Å². The average molecular weight is 690 g/mol. The van der Waals surface area contributed by atoms with E-state index in [0.717, 1.165) is 49.3 Å². The molecule has 0 heterocycles.